The summed E-state index contributed by atoms with van der Waals surface area (Å²) >= 11 is 1.00. The van der Waals surface area contributed by atoms with Gasteiger partial charge in [0.15, 0.2) is 4.91 Å². The number of hydrogen-bond donors (Lipinski definition) is 0. The van der Waals surface area contributed by atoms with Gasteiger partial charge in [-0.15, -0.1) is 0 Å². The summed E-state index contributed by atoms with van der Waals surface area (Å²) in [6, 6.07) is 7.31. The van der Waals surface area contributed by atoms with Crippen molar-refractivity contribution in [3.05, 3.63) is 51.0 Å². The molecular weight excluding hydrogens is 242 g/mol. The van der Waals surface area contributed by atoms with Crippen molar-refractivity contribution < 1.29 is 14.5 Å². The summed E-state index contributed by atoms with van der Waals surface area (Å²) in [4.78, 5) is 21.7. The van der Waals surface area contributed by atoms with Crippen molar-refractivity contribution in [3.63, 3.8) is 0 Å². The molecule has 1 rings (SSSR count). The van der Waals surface area contributed by atoms with Crippen molar-refractivity contribution in [1.29, 1.82) is 0 Å². The first-order chi connectivity index (χ1) is 8.02. The Hall–Kier alpha value is -1.82. The normalized spacial score (nSPS) is 11.1. The number of esters is 1. The molecule has 0 saturated carbocycles. The summed E-state index contributed by atoms with van der Waals surface area (Å²) < 4.78 is 4.48. The van der Waals surface area contributed by atoms with Crippen LogP contribution in [0.5, 0.6) is 0 Å². The lowest BCUT2D eigenvalue weighted by Crippen LogP contribution is -2.04. The predicted octanol–water partition coefficient (Wildman–Crippen LogP) is 2.38. The maximum absolute atomic E-state index is 11.3. The topological polar surface area (TPSA) is 69.4 Å². The molecule has 0 saturated heterocycles. The molecule has 5 nitrogen and oxygen atoms in total. The van der Waals surface area contributed by atoms with Crippen LogP contribution in [0.1, 0.15) is 5.56 Å². The van der Waals surface area contributed by atoms with Crippen LogP contribution in [0, 0.1) is 17.0 Å². The highest BCUT2D eigenvalue weighted by Crippen LogP contribution is 2.27. The van der Waals surface area contributed by atoms with Gasteiger partial charge in [-0.05, 0) is 19.1 Å². The highest BCUT2D eigenvalue weighted by molar-refractivity contribution is 8.04. The quantitative estimate of drug-likeness (QED) is 0.271. The number of nitro groups is 1. The number of hydrogen-bond acceptors (Lipinski definition) is 5. The monoisotopic (exact) mass is 253 g/mol. The molecule has 0 fully saturated rings. The van der Waals surface area contributed by atoms with Crippen molar-refractivity contribution in [1.82, 2.24) is 0 Å². The van der Waals surface area contributed by atoms with Gasteiger partial charge in [0.2, 0.25) is 0 Å². The number of carbonyl (C=O) groups excluding carboxylic acids is 1. The fraction of sp³-hybridized carbons (Fsp3) is 0.182. The lowest BCUT2D eigenvalue weighted by molar-refractivity contribution is -0.402. The predicted molar refractivity (Wildman–Crippen MR) is 64.1 cm³/mol. The number of ether oxygens (including phenoxy) is 1. The molecule has 0 amide bonds. The first-order valence-corrected chi connectivity index (χ1v) is 5.52. The number of carbonyl (C=O) groups is 1. The second kappa shape index (κ2) is 6.05. The molecule has 0 unspecified atom stereocenters. The smallest absolute Gasteiger partial charge is 0.351 e. The Balaban J connectivity index is 2.90. The minimum Gasteiger partial charge on any atom is -0.465 e. The van der Waals surface area contributed by atoms with Gasteiger partial charge in [0, 0.05) is 4.90 Å². The largest absolute Gasteiger partial charge is 0.465 e. The van der Waals surface area contributed by atoms with E-state index in [2.05, 4.69) is 4.74 Å². The van der Waals surface area contributed by atoms with E-state index in [-0.39, 0.29) is 4.91 Å². The van der Waals surface area contributed by atoms with Gasteiger partial charge in [-0.1, -0.05) is 29.5 Å². The van der Waals surface area contributed by atoms with Crippen LogP contribution in [0.25, 0.3) is 0 Å². The Morgan fingerprint density at radius 1 is 1.41 bits per heavy atom. The second-order valence-electron chi connectivity index (χ2n) is 3.19. The van der Waals surface area contributed by atoms with E-state index < -0.39 is 10.9 Å². The summed E-state index contributed by atoms with van der Waals surface area (Å²) in [6.07, 6.45) is 0.649. The first-order valence-electron chi connectivity index (χ1n) is 4.71. The standard InChI is InChI=1S/C11H11NO4S/c1-8-3-5-9(6-4-8)17-10(7-12(14)15)11(13)16-2/h3-7H,1-2H3. The fourth-order valence-corrected chi connectivity index (χ4v) is 1.88. The molecule has 90 valence electrons. The highest BCUT2D eigenvalue weighted by atomic mass is 32.2. The van der Waals surface area contributed by atoms with Crippen molar-refractivity contribution in [3.8, 4) is 0 Å². The Labute approximate surface area is 103 Å². The molecule has 0 spiro atoms. The molecule has 0 bridgehead atoms. The molecule has 1 aromatic carbocycles. The fourth-order valence-electron chi connectivity index (χ4n) is 1.05. The van der Waals surface area contributed by atoms with Gasteiger partial charge >= 0.3 is 5.97 Å². The molecule has 0 aliphatic carbocycles. The summed E-state index contributed by atoms with van der Waals surface area (Å²) in [5, 5.41) is 10.4. The zero-order valence-electron chi connectivity index (χ0n) is 9.38. The van der Waals surface area contributed by atoms with E-state index in [9.17, 15) is 14.9 Å². The molecule has 0 N–H and O–H groups in total. The first kappa shape index (κ1) is 13.2. The molecule has 6 heteroatoms. The van der Waals surface area contributed by atoms with Crippen LogP contribution in [0.15, 0.2) is 40.3 Å². The summed E-state index contributed by atoms with van der Waals surface area (Å²) in [7, 11) is 1.19. The van der Waals surface area contributed by atoms with Crippen molar-refractivity contribution >= 4 is 17.7 Å². The number of rotatable bonds is 4. The van der Waals surface area contributed by atoms with E-state index in [4.69, 9.17) is 0 Å². The molecule has 0 radical (unpaired) electrons. The van der Waals surface area contributed by atoms with E-state index in [1.54, 1.807) is 12.1 Å². The summed E-state index contributed by atoms with van der Waals surface area (Å²) in [5.41, 5.74) is 1.08. The molecule has 17 heavy (non-hydrogen) atoms. The molecule has 0 atom stereocenters. The SMILES string of the molecule is COC(=O)C(=C[N+](=O)[O-])Sc1ccc(C)cc1. The van der Waals surface area contributed by atoms with Crippen LogP contribution >= 0.6 is 11.8 Å². The number of thioether (sulfide) groups is 1. The average Bonchev–Trinajstić information content (AvgIpc) is 2.29. The summed E-state index contributed by atoms with van der Waals surface area (Å²) in [6.45, 7) is 1.93. The molecular formula is C11H11NO4S. The van der Waals surface area contributed by atoms with E-state index in [0.29, 0.717) is 6.20 Å². The number of benzene rings is 1. The minimum absolute atomic E-state index is 0.0543. The molecule has 0 aliphatic heterocycles. The Kier molecular flexibility index (Phi) is 4.71. The van der Waals surface area contributed by atoms with Crippen LogP contribution in [-0.2, 0) is 9.53 Å². The zero-order valence-corrected chi connectivity index (χ0v) is 10.2. The van der Waals surface area contributed by atoms with Crippen molar-refractivity contribution in [2.24, 2.45) is 0 Å². The van der Waals surface area contributed by atoms with E-state index in [1.165, 1.54) is 7.11 Å². The van der Waals surface area contributed by atoms with Gasteiger partial charge in [-0.25, -0.2) is 4.79 Å². The Bertz CT molecular complexity index is 453. The van der Waals surface area contributed by atoms with Crippen LogP contribution in [0.4, 0.5) is 0 Å². The van der Waals surface area contributed by atoms with Gasteiger partial charge in [0.25, 0.3) is 6.20 Å². The molecule has 0 aromatic heterocycles. The number of nitrogens with zero attached hydrogens (tertiary/aromatic N) is 1. The van der Waals surface area contributed by atoms with Gasteiger partial charge in [0.05, 0.1) is 12.0 Å². The Morgan fingerprint density at radius 3 is 2.47 bits per heavy atom. The van der Waals surface area contributed by atoms with E-state index in [0.717, 1.165) is 22.2 Å². The van der Waals surface area contributed by atoms with Crippen molar-refractivity contribution in [2.45, 2.75) is 11.8 Å². The highest BCUT2D eigenvalue weighted by Gasteiger charge is 2.15. The van der Waals surface area contributed by atoms with Gasteiger partial charge in [0.1, 0.15) is 0 Å². The third kappa shape index (κ3) is 4.28. The van der Waals surface area contributed by atoms with Crippen molar-refractivity contribution in [2.75, 3.05) is 7.11 Å². The zero-order chi connectivity index (χ0) is 12.8. The third-order valence-electron chi connectivity index (χ3n) is 1.86. The van der Waals surface area contributed by atoms with Crippen LogP contribution in [0.3, 0.4) is 0 Å². The number of methoxy groups -OCH3 is 1. The minimum atomic E-state index is -0.715. The van der Waals surface area contributed by atoms with Gasteiger partial charge < -0.3 is 4.74 Å². The Morgan fingerprint density at radius 2 is 2.00 bits per heavy atom. The lowest BCUT2D eigenvalue weighted by Gasteiger charge is -2.02. The van der Waals surface area contributed by atoms with E-state index in [1.807, 2.05) is 19.1 Å². The van der Waals surface area contributed by atoms with Gasteiger partial charge in [-0.2, -0.15) is 0 Å². The van der Waals surface area contributed by atoms with E-state index >= 15 is 0 Å². The third-order valence-corrected chi connectivity index (χ3v) is 2.86. The lowest BCUT2D eigenvalue weighted by atomic mass is 10.2. The average molecular weight is 253 g/mol. The van der Waals surface area contributed by atoms with Crippen LogP contribution < -0.4 is 0 Å². The van der Waals surface area contributed by atoms with Crippen LogP contribution in [-0.4, -0.2) is 18.0 Å². The molecule has 0 aliphatic rings. The number of aryl methyl sites for hydroxylation is 1. The van der Waals surface area contributed by atoms with Crippen LogP contribution in [0.2, 0.25) is 0 Å². The molecule has 0 heterocycles. The summed E-state index contributed by atoms with van der Waals surface area (Å²) in [5.74, 6) is -0.715. The maximum atomic E-state index is 11.3. The second-order valence-corrected chi connectivity index (χ2v) is 4.30. The molecule has 1 aromatic rings. The maximum Gasteiger partial charge on any atom is 0.351 e. The van der Waals surface area contributed by atoms with Gasteiger partial charge in [-0.3, -0.25) is 10.1 Å².